The average Bonchev–Trinajstić information content (AvgIpc) is 2.39. The van der Waals surface area contributed by atoms with Gasteiger partial charge in [0.25, 0.3) is 0 Å². The monoisotopic (exact) mass is 248 g/mol. The predicted octanol–water partition coefficient (Wildman–Crippen LogP) is 0.793. The topological polar surface area (TPSA) is 61.6 Å². The van der Waals surface area contributed by atoms with Crippen LogP contribution in [0.3, 0.4) is 0 Å². The molecular weight excluding hydrogens is 228 g/mol. The zero-order valence-electron chi connectivity index (χ0n) is 10.7. The average molecular weight is 248 g/mol. The number of carbonyl (C=O) groups is 1. The van der Waals surface area contributed by atoms with Crippen LogP contribution in [-0.2, 0) is 0 Å². The van der Waals surface area contributed by atoms with Crippen LogP contribution in [-0.4, -0.2) is 55.1 Å². The van der Waals surface area contributed by atoms with Crippen LogP contribution < -0.4 is 11.1 Å². The Labute approximate surface area is 108 Å². The van der Waals surface area contributed by atoms with Crippen LogP contribution in [0.2, 0.25) is 0 Å². The van der Waals surface area contributed by atoms with Crippen molar-refractivity contribution in [3.8, 4) is 0 Å². The molecule has 5 heteroatoms. The molecule has 1 aliphatic heterocycles. The Morgan fingerprint density at radius 3 is 2.78 bits per heavy atom. The van der Waals surface area contributed by atoms with E-state index in [1.807, 2.05) is 35.2 Å². The van der Waals surface area contributed by atoms with Crippen LogP contribution >= 0.6 is 0 Å². The van der Waals surface area contributed by atoms with Crippen LogP contribution in [0.4, 0.5) is 10.5 Å². The molecule has 1 aromatic carbocycles. The first-order valence-corrected chi connectivity index (χ1v) is 6.22. The van der Waals surface area contributed by atoms with Gasteiger partial charge in [-0.1, -0.05) is 18.2 Å². The minimum absolute atomic E-state index is 0.0650. The maximum atomic E-state index is 12.2. The summed E-state index contributed by atoms with van der Waals surface area (Å²) >= 11 is 0. The van der Waals surface area contributed by atoms with Crippen molar-refractivity contribution in [2.24, 2.45) is 5.73 Å². The maximum Gasteiger partial charge on any atom is 0.322 e. The molecule has 98 valence electrons. The number of hydrogen-bond acceptors (Lipinski definition) is 3. The summed E-state index contributed by atoms with van der Waals surface area (Å²) in [4.78, 5) is 16.2. The van der Waals surface area contributed by atoms with E-state index in [1.165, 1.54) is 0 Å². The van der Waals surface area contributed by atoms with Crippen LogP contribution in [0.5, 0.6) is 0 Å². The van der Waals surface area contributed by atoms with Crippen molar-refractivity contribution in [2.45, 2.75) is 6.04 Å². The van der Waals surface area contributed by atoms with E-state index in [2.05, 4.69) is 17.3 Å². The fourth-order valence-electron chi connectivity index (χ4n) is 2.20. The number of anilines is 1. The lowest BCUT2D eigenvalue weighted by Gasteiger charge is -2.39. The smallest absolute Gasteiger partial charge is 0.322 e. The molecule has 1 heterocycles. The third-order valence-corrected chi connectivity index (χ3v) is 3.24. The number of rotatable bonds is 2. The molecular formula is C13H20N4O. The first-order chi connectivity index (χ1) is 8.70. The molecule has 0 aromatic heterocycles. The third kappa shape index (κ3) is 3.00. The highest BCUT2D eigenvalue weighted by molar-refractivity contribution is 5.89. The SMILES string of the molecule is CN1CCN(C(=O)Nc2ccccc2)C(CN)C1. The fourth-order valence-corrected chi connectivity index (χ4v) is 2.20. The molecule has 3 N–H and O–H groups in total. The molecule has 1 aromatic rings. The van der Waals surface area contributed by atoms with E-state index in [4.69, 9.17) is 5.73 Å². The minimum atomic E-state index is -0.0650. The van der Waals surface area contributed by atoms with E-state index >= 15 is 0 Å². The molecule has 1 fully saturated rings. The summed E-state index contributed by atoms with van der Waals surface area (Å²) in [5.41, 5.74) is 6.56. The summed E-state index contributed by atoms with van der Waals surface area (Å²) < 4.78 is 0. The van der Waals surface area contributed by atoms with Gasteiger partial charge in [-0.25, -0.2) is 4.79 Å². The summed E-state index contributed by atoms with van der Waals surface area (Å²) in [5, 5.41) is 2.90. The summed E-state index contributed by atoms with van der Waals surface area (Å²) in [6.07, 6.45) is 0. The summed E-state index contributed by atoms with van der Waals surface area (Å²) in [7, 11) is 2.05. The van der Waals surface area contributed by atoms with Crippen molar-refractivity contribution in [1.82, 2.24) is 9.80 Å². The first-order valence-electron chi connectivity index (χ1n) is 6.22. The van der Waals surface area contributed by atoms with E-state index in [0.717, 1.165) is 25.3 Å². The normalized spacial score (nSPS) is 20.8. The number of nitrogens with zero attached hydrogens (tertiary/aromatic N) is 2. The number of hydrogen-bond donors (Lipinski definition) is 2. The number of carbonyl (C=O) groups excluding carboxylic acids is 1. The fraction of sp³-hybridized carbons (Fsp3) is 0.462. The van der Waals surface area contributed by atoms with E-state index < -0.39 is 0 Å². The Morgan fingerprint density at radius 1 is 1.39 bits per heavy atom. The van der Waals surface area contributed by atoms with Crippen molar-refractivity contribution in [3.05, 3.63) is 30.3 Å². The molecule has 0 aliphatic carbocycles. The Balaban J connectivity index is 1.99. The van der Waals surface area contributed by atoms with Crippen molar-refractivity contribution in [3.63, 3.8) is 0 Å². The highest BCUT2D eigenvalue weighted by Crippen LogP contribution is 2.11. The maximum absolute atomic E-state index is 12.2. The highest BCUT2D eigenvalue weighted by atomic mass is 16.2. The van der Waals surface area contributed by atoms with E-state index in [0.29, 0.717) is 6.54 Å². The molecule has 18 heavy (non-hydrogen) atoms. The van der Waals surface area contributed by atoms with E-state index in [9.17, 15) is 4.79 Å². The predicted molar refractivity (Wildman–Crippen MR) is 72.5 cm³/mol. The molecule has 1 aliphatic rings. The quantitative estimate of drug-likeness (QED) is 0.813. The van der Waals surface area contributed by atoms with Crippen LogP contribution in [0, 0.1) is 0 Å². The van der Waals surface area contributed by atoms with Gasteiger partial charge in [0.2, 0.25) is 0 Å². The molecule has 0 radical (unpaired) electrons. The number of para-hydroxylation sites is 1. The van der Waals surface area contributed by atoms with Crippen LogP contribution in [0.1, 0.15) is 0 Å². The minimum Gasteiger partial charge on any atom is -0.328 e. The van der Waals surface area contributed by atoms with Crippen molar-refractivity contribution in [1.29, 1.82) is 0 Å². The summed E-state index contributed by atoms with van der Waals surface area (Å²) in [5.74, 6) is 0. The molecule has 1 saturated heterocycles. The second-order valence-electron chi connectivity index (χ2n) is 4.64. The van der Waals surface area contributed by atoms with Crippen LogP contribution in [0.15, 0.2) is 30.3 Å². The molecule has 2 rings (SSSR count). The molecule has 0 bridgehead atoms. The van der Waals surface area contributed by atoms with E-state index in [1.54, 1.807) is 0 Å². The summed E-state index contributed by atoms with van der Waals surface area (Å²) in [6, 6.07) is 9.52. The number of nitrogens with two attached hydrogens (primary N) is 1. The van der Waals surface area contributed by atoms with Gasteiger partial charge in [0.1, 0.15) is 0 Å². The van der Waals surface area contributed by atoms with Gasteiger partial charge in [-0.15, -0.1) is 0 Å². The van der Waals surface area contributed by atoms with Gasteiger partial charge in [-0.3, -0.25) is 0 Å². The molecule has 5 nitrogen and oxygen atoms in total. The number of piperazine rings is 1. The Hall–Kier alpha value is -1.59. The highest BCUT2D eigenvalue weighted by Gasteiger charge is 2.27. The largest absolute Gasteiger partial charge is 0.328 e. The van der Waals surface area contributed by atoms with Gasteiger partial charge in [0, 0.05) is 31.9 Å². The molecule has 1 atom stereocenters. The molecule has 1 unspecified atom stereocenters. The summed E-state index contributed by atoms with van der Waals surface area (Å²) in [6.45, 7) is 2.93. The first kappa shape index (κ1) is 12.9. The number of nitrogens with one attached hydrogen (secondary N) is 1. The third-order valence-electron chi connectivity index (χ3n) is 3.24. The molecule has 0 spiro atoms. The van der Waals surface area contributed by atoms with Gasteiger partial charge in [0.15, 0.2) is 0 Å². The second kappa shape index (κ2) is 5.84. The van der Waals surface area contributed by atoms with Gasteiger partial charge in [-0.2, -0.15) is 0 Å². The Morgan fingerprint density at radius 2 is 2.11 bits per heavy atom. The number of benzene rings is 1. The van der Waals surface area contributed by atoms with Gasteiger partial charge in [0.05, 0.1) is 6.04 Å². The lowest BCUT2D eigenvalue weighted by atomic mass is 10.2. The molecule has 0 saturated carbocycles. The lowest BCUT2D eigenvalue weighted by Crippen LogP contribution is -2.57. The lowest BCUT2D eigenvalue weighted by molar-refractivity contribution is 0.120. The van der Waals surface area contributed by atoms with Gasteiger partial charge < -0.3 is 20.9 Å². The van der Waals surface area contributed by atoms with Crippen molar-refractivity contribution < 1.29 is 4.79 Å². The number of amides is 2. The standard InChI is InChI=1S/C13H20N4O/c1-16-7-8-17(12(9-14)10-16)13(18)15-11-5-3-2-4-6-11/h2-6,12H,7-10,14H2,1H3,(H,15,18). The van der Waals surface area contributed by atoms with E-state index in [-0.39, 0.29) is 12.1 Å². The zero-order chi connectivity index (χ0) is 13.0. The number of urea groups is 1. The Kier molecular flexibility index (Phi) is 4.17. The van der Waals surface area contributed by atoms with Crippen LogP contribution in [0.25, 0.3) is 0 Å². The van der Waals surface area contributed by atoms with Gasteiger partial charge >= 0.3 is 6.03 Å². The molecule has 2 amide bonds. The van der Waals surface area contributed by atoms with Gasteiger partial charge in [-0.05, 0) is 19.2 Å². The van der Waals surface area contributed by atoms with Crippen molar-refractivity contribution >= 4 is 11.7 Å². The second-order valence-corrected chi connectivity index (χ2v) is 4.64. The van der Waals surface area contributed by atoms with Crippen molar-refractivity contribution in [2.75, 3.05) is 38.5 Å². The number of likely N-dealkylation sites (N-methyl/N-ethyl adjacent to an activating group) is 1. The zero-order valence-corrected chi connectivity index (χ0v) is 10.7. The Bertz CT molecular complexity index is 395.